The molecule has 0 bridgehead atoms. The Morgan fingerprint density at radius 1 is 0.795 bits per heavy atom. The van der Waals surface area contributed by atoms with Crippen LogP contribution < -0.4 is 10.4 Å². The quantitative estimate of drug-likeness (QED) is 0.309. The first-order valence-corrected chi connectivity index (χ1v) is 15.8. The summed E-state index contributed by atoms with van der Waals surface area (Å²) in [4.78, 5) is 15.0. The number of rotatable bonds is 9. The van der Waals surface area contributed by atoms with Crippen molar-refractivity contribution >= 4 is 24.8 Å². The van der Waals surface area contributed by atoms with Crippen molar-refractivity contribution < 1.29 is 18.7 Å². The van der Waals surface area contributed by atoms with Crippen LogP contribution in [-0.4, -0.2) is 50.7 Å². The van der Waals surface area contributed by atoms with Gasteiger partial charge in [-0.2, -0.15) is 0 Å². The van der Waals surface area contributed by atoms with Gasteiger partial charge >= 0.3 is 6.09 Å². The molecule has 1 aliphatic rings. The van der Waals surface area contributed by atoms with E-state index in [2.05, 4.69) is 81.4 Å². The summed E-state index contributed by atoms with van der Waals surface area (Å²) in [5, 5.41) is 2.31. The average Bonchev–Trinajstić information content (AvgIpc) is 2.88. The van der Waals surface area contributed by atoms with Crippen LogP contribution in [0.5, 0.6) is 0 Å². The Hall–Kier alpha value is -2.93. The summed E-state index contributed by atoms with van der Waals surface area (Å²) in [6.45, 7) is 14.6. The average molecular weight is 546 g/mol. The van der Waals surface area contributed by atoms with Gasteiger partial charge in [-0.15, -0.1) is 0 Å². The number of carbonyl (C=O) groups is 1. The highest BCUT2D eigenvalue weighted by molar-refractivity contribution is 6.99. The zero-order valence-corrected chi connectivity index (χ0v) is 25.2. The van der Waals surface area contributed by atoms with E-state index in [1.807, 2.05) is 56.0 Å². The molecule has 5 nitrogen and oxygen atoms in total. The molecule has 0 N–H and O–H groups in total. The molecule has 1 heterocycles. The monoisotopic (exact) mass is 545 g/mol. The lowest BCUT2D eigenvalue weighted by Crippen LogP contribution is -2.69. The number of nitrogens with zero attached hydrogens (tertiary/aromatic N) is 1. The molecular weight excluding hydrogens is 502 g/mol. The summed E-state index contributed by atoms with van der Waals surface area (Å²) in [7, 11) is -2.74. The third-order valence-corrected chi connectivity index (χ3v) is 12.3. The van der Waals surface area contributed by atoms with Gasteiger partial charge in [0.25, 0.3) is 8.32 Å². The number of carbonyl (C=O) groups excluding carboxylic acids is 1. The summed E-state index contributed by atoms with van der Waals surface area (Å²) >= 11 is 0. The third kappa shape index (κ3) is 6.80. The van der Waals surface area contributed by atoms with Crippen LogP contribution in [0, 0.1) is 5.92 Å². The molecule has 1 fully saturated rings. The van der Waals surface area contributed by atoms with E-state index in [0.717, 1.165) is 5.56 Å². The number of hydrogen-bond donors (Lipinski definition) is 0. The topological polar surface area (TPSA) is 48.0 Å². The van der Waals surface area contributed by atoms with E-state index in [1.165, 1.54) is 10.4 Å². The molecule has 3 aromatic rings. The molecule has 0 unspecified atom stereocenters. The lowest BCUT2D eigenvalue weighted by molar-refractivity contribution is -0.0696. The molecule has 0 spiro atoms. The molecular formula is C33H43NO4Si. The predicted octanol–water partition coefficient (Wildman–Crippen LogP) is 6.02. The molecule has 2 atom stereocenters. The second kappa shape index (κ2) is 12.1. The molecule has 1 saturated heterocycles. The summed E-state index contributed by atoms with van der Waals surface area (Å²) in [5.41, 5.74) is 0.580. The van der Waals surface area contributed by atoms with Crippen molar-refractivity contribution in [3.8, 4) is 0 Å². The first-order chi connectivity index (χ1) is 18.5. The van der Waals surface area contributed by atoms with Crippen LogP contribution in [0.25, 0.3) is 0 Å². The van der Waals surface area contributed by atoms with Gasteiger partial charge in [0, 0.05) is 12.5 Å². The molecule has 0 radical (unpaired) electrons. The highest BCUT2D eigenvalue weighted by atomic mass is 28.4. The van der Waals surface area contributed by atoms with Crippen molar-refractivity contribution in [1.29, 1.82) is 0 Å². The van der Waals surface area contributed by atoms with Crippen LogP contribution in [0.15, 0.2) is 91.0 Å². The fraction of sp³-hybridized carbons (Fsp3) is 0.424. The van der Waals surface area contributed by atoms with Crippen molar-refractivity contribution in [2.45, 2.75) is 64.8 Å². The van der Waals surface area contributed by atoms with E-state index in [4.69, 9.17) is 13.9 Å². The minimum absolute atomic E-state index is 0.128. The number of amides is 1. The van der Waals surface area contributed by atoms with E-state index < -0.39 is 13.9 Å². The Bertz CT molecular complexity index is 1150. The van der Waals surface area contributed by atoms with E-state index in [9.17, 15) is 4.79 Å². The van der Waals surface area contributed by atoms with Crippen molar-refractivity contribution in [3.05, 3.63) is 96.6 Å². The summed E-state index contributed by atoms with van der Waals surface area (Å²) < 4.78 is 19.1. The van der Waals surface area contributed by atoms with Gasteiger partial charge in [-0.1, -0.05) is 112 Å². The van der Waals surface area contributed by atoms with Crippen LogP contribution in [-0.2, 0) is 20.5 Å². The SMILES string of the molecule is CC(C)(C)OC(=O)N1C[C@H](COCc2ccccc2)[C@H]1CO[Si](c1ccccc1)(c1ccccc1)C(C)(C)C. The third-order valence-electron chi connectivity index (χ3n) is 7.33. The minimum Gasteiger partial charge on any atom is -0.444 e. The highest BCUT2D eigenvalue weighted by Crippen LogP contribution is 2.38. The molecule has 39 heavy (non-hydrogen) atoms. The Morgan fingerprint density at radius 3 is 1.79 bits per heavy atom. The number of ether oxygens (including phenoxy) is 2. The Morgan fingerprint density at radius 2 is 1.31 bits per heavy atom. The zero-order chi connectivity index (χ0) is 28.1. The maximum absolute atomic E-state index is 13.2. The van der Waals surface area contributed by atoms with E-state index >= 15 is 0 Å². The first-order valence-electron chi connectivity index (χ1n) is 13.9. The Kier molecular flexibility index (Phi) is 8.99. The van der Waals surface area contributed by atoms with Crippen LogP contribution >= 0.6 is 0 Å². The van der Waals surface area contributed by atoms with Gasteiger partial charge in [-0.3, -0.25) is 0 Å². The summed E-state index contributed by atoms with van der Waals surface area (Å²) in [5.74, 6) is 0.166. The fourth-order valence-corrected chi connectivity index (χ4v) is 10.00. The van der Waals surface area contributed by atoms with Gasteiger partial charge in [0.15, 0.2) is 0 Å². The number of likely N-dealkylation sites (tertiary alicyclic amines) is 1. The largest absolute Gasteiger partial charge is 0.444 e. The van der Waals surface area contributed by atoms with Gasteiger partial charge in [0.1, 0.15) is 5.60 Å². The fourth-order valence-electron chi connectivity index (χ4n) is 5.42. The lowest BCUT2D eigenvalue weighted by atomic mass is 9.90. The first kappa shape index (κ1) is 29.1. The number of hydrogen-bond acceptors (Lipinski definition) is 4. The molecule has 6 heteroatoms. The van der Waals surface area contributed by atoms with E-state index in [-0.39, 0.29) is 23.1 Å². The second-order valence-electron chi connectivity index (χ2n) is 12.4. The Labute approximate surface area is 235 Å². The van der Waals surface area contributed by atoms with E-state index in [0.29, 0.717) is 26.4 Å². The minimum atomic E-state index is -2.74. The molecule has 4 rings (SSSR count). The highest BCUT2D eigenvalue weighted by Gasteiger charge is 2.52. The predicted molar refractivity (Wildman–Crippen MR) is 160 cm³/mol. The van der Waals surface area contributed by atoms with Crippen molar-refractivity contribution in [1.82, 2.24) is 4.90 Å². The van der Waals surface area contributed by atoms with Gasteiger partial charge < -0.3 is 18.8 Å². The maximum Gasteiger partial charge on any atom is 0.410 e. The molecule has 1 aliphatic heterocycles. The molecule has 1 amide bonds. The van der Waals surface area contributed by atoms with Crippen LogP contribution in [0.1, 0.15) is 47.1 Å². The lowest BCUT2D eigenvalue weighted by Gasteiger charge is -2.50. The van der Waals surface area contributed by atoms with Crippen LogP contribution in [0.2, 0.25) is 5.04 Å². The van der Waals surface area contributed by atoms with Gasteiger partial charge in [0.05, 0.1) is 25.9 Å². The maximum atomic E-state index is 13.2. The van der Waals surface area contributed by atoms with E-state index in [1.54, 1.807) is 0 Å². The zero-order valence-electron chi connectivity index (χ0n) is 24.2. The van der Waals surface area contributed by atoms with Crippen molar-refractivity contribution in [2.75, 3.05) is 19.8 Å². The van der Waals surface area contributed by atoms with Crippen molar-refractivity contribution in [2.24, 2.45) is 5.92 Å². The van der Waals surface area contributed by atoms with Crippen molar-refractivity contribution in [3.63, 3.8) is 0 Å². The normalized spacial score (nSPS) is 17.9. The summed E-state index contributed by atoms with van der Waals surface area (Å²) in [6.07, 6.45) is -0.294. The standard InChI is InChI=1S/C33H43NO4Si/c1-32(2,3)38-31(35)34-22-27(24-36-23-26-16-10-7-11-17-26)30(34)25-37-39(33(4,5)6,28-18-12-8-13-19-28)29-20-14-9-15-21-29/h7-21,27,30H,22-25H2,1-6H3/t27-,30-/m1/s1. The molecule has 0 saturated carbocycles. The Balaban J connectivity index is 1.60. The van der Waals surface area contributed by atoms with Gasteiger partial charge in [-0.05, 0) is 41.7 Å². The second-order valence-corrected chi connectivity index (χ2v) is 16.7. The smallest absolute Gasteiger partial charge is 0.410 e. The molecule has 208 valence electrons. The molecule has 0 aromatic heterocycles. The van der Waals surface area contributed by atoms with Crippen LogP contribution in [0.4, 0.5) is 4.79 Å². The molecule has 0 aliphatic carbocycles. The van der Waals surface area contributed by atoms with Gasteiger partial charge in [-0.25, -0.2) is 4.79 Å². The van der Waals surface area contributed by atoms with Crippen LogP contribution in [0.3, 0.4) is 0 Å². The molecule has 3 aromatic carbocycles. The summed E-state index contributed by atoms with van der Waals surface area (Å²) in [6, 6.07) is 31.3. The van der Waals surface area contributed by atoms with Gasteiger partial charge in [0.2, 0.25) is 0 Å². The number of benzene rings is 3.